The van der Waals surface area contributed by atoms with Gasteiger partial charge in [-0.1, -0.05) is 17.7 Å². The highest BCUT2D eigenvalue weighted by Crippen LogP contribution is 2.09. The van der Waals surface area contributed by atoms with Crippen molar-refractivity contribution in [1.29, 1.82) is 5.41 Å². The molecule has 2 heterocycles. The second kappa shape index (κ2) is 5.32. The number of hydrogen-bond donors (Lipinski definition) is 2. The average molecular weight is 292 g/mol. The molecule has 82 valence electrons. The van der Waals surface area contributed by atoms with E-state index in [1.807, 2.05) is 11.0 Å². The summed E-state index contributed by atoms with van der Waals surface area (Å²) in [5.74, 6) is 0.486. The molecule has 15 heavy (non-hydrogen) atoms. The van der Waals surface area contributed by atoms with Crippen LogP contribution in [0.25, 0.3) is 0 Å². The predicted octanol–water partition coefficient (Wildman–Crippen LogP) is 1.65. The summed E-state index contributed by atoms with van der Waals surface area (Å²) < 4.78 is 0. The second-order valence-corrected chi connectivity index (χ2v) is 3.57. The molecule has 1 aliphatic rings. The van der Waals surface area contributed by atoms with Crippen LogP contribution in [-0.2, 0) is 6.54 Å². The third-order valence-electron chi connectivity index (χ3n) is 2.15. The van der Waals surface area contributed by atoms with Gasteiger partial charge in [0.1, 0.15) is 5.15 Å². The highest BCUT2D eigenvalue weighted by molar-refractivity contribution is 8.93. The van der Waals surface area contributed by atoms with Gasteiger partial charge in [-0.15, -0.1) is 17.0 Å². The van der Waals surface area contributed by atoms with Gasteiger partial charge in [0.2, 0.25) is 0 Å². The fourth-order valence-corrected chi connectivity index (χ4v) is 1.52. The number of rotatable bonds is 2. The smallest absolute Gasteiger partial charge is 0.191 e. The summed E-state index contributed by atoms with van der Waals surface area (Å²) in [6.45, 7) is 2.44. The lowest BCUT2D eigenvalue weighted by molar-refractivity contribution is 0.454. The maximum atomic E-state index is 7.57. The van der Waals surface area contributed by atoms with E-state index in [-0.39, 0.29) is 17.0 Å². The van der Waals surface area contributed by atoms with Gasteiger partial charge in [0.05, 0.1) is 0 Å². The lowest BCUT2D eigenvalue weighted by atomic mass is 10.3. The molecule has 1 aromatic rings. The van der Waals surface area contributed by atoms with Crippen molar-refractivity contribution in [2.45, 2.75) is 6.54 Å². The van der Waals surface area contributed by atoms with E-state index in [2.05, 4.69) is 10.3 Å². The van der Waals surface area contributed by atoms with Gasteiger partial charge < -0.3 is 10.2 Å². The fourth-order valence-electron chi connectivity index (χ4n) is 1.41. The van der Waals surface area contributed by atoms with Gasteiger partial charge in [0.15, 0.2) is 5.96 Å². The van der Waals surface area contributed by atoms with E-state index in [4.69, 9.17) is 17.0 Å². The van der Waals surface area contributed by atoms with Crippen molar-refractivity contribution in [2.75, 3.05) is 13.1 Å². The number of aromatic nitrogens is 1. The highest BCUT2D eigenvalue weighted by atomic mass is 79.9. The van der Waals surface area contributed by atoms with Crippen molar-refractivity contribution in [3.8, 4) is 0 Å². The van der Waals surface area contributed by atoms with Crippen LogP contribution < -0.4 is 5.32 Å². The topological polar surface area (TPSA) is 52.0 Å². The minimum absolute atomic E-state index is 0. The molecule has 0 amide bonds. The Kier molecular flexibility index (Phi) is 4.35. The van der Waals surface area contributed by atoms with Crippen LogP contribution >= 0.6 is 28.6 Å². The van der Waals surface area contributed by atoms with Gasteiger partial charge in [-0.05, 0) is 11.6 Å². The first-order valence-corrected chi connectivity index (χ1v) is 4.81. The third-order valence-corrected chi connectivity index (χ3v) is 2.38. The summed E-state index contributed by atoms with van der Waals surface area (Å²) >= 11 is 5.68. The SMILES string of the molecule is Br.N=C1NCCN1Cc1ccc(Cl)nc1. The summed E-state index contributed by atoms with van der Waals surface area (Å²) in [4.78, 5) is 5.96. The number of pyridine rings is 1. The van der Waals surface area contributed by atoms with Crippen LogP contribution in [0.15, 0.2) is 18.3 Å². The molecule has 0 saturated carbocycles. The first-order chi connectivity index (χ1) is 6.75. The van der Waals surface area contributed by atoms with Gasteiger partial charge in [-0.25, -0.2) is 4.98 Å². The summed E-state index contributed by atoms with van der Waals surface area (Å²) in [5, 5.41) is 11.0. The van der Waals surface area contributed by atoms with Crippen LogP contribution in [0.3, 0.4) is 0 Å². The van der Waals surface area contributed by atoms with Crippen molar-refractivity contribution in [3.05, 3.63) is 29.0 Å². The van der Waals surface area contributed by atoms with E-state index >= 15 is 0 Å². The maximum absolute atomic E-state index is 7.57. The van der Waals surface area contributed by atoms with Crippen molar-refractivity contribution in [1.82, 2.24) is 15.2 Å². The van der Waals surface area contributed by atoms with Gasteiger partial charge in [0.25, 0.3) is 0 Å². The van der Waals surface area contributed by atoms with Crippen molar-refractivity contribution < 1.29 is 0 Å². The molecule has 4 nitrogen and oxygen atoms in total. The summed E-state index contributed by atoms with van der Waals surface area (Å²) in [7, 11) is 0. The second-order valence-electron chi connectivity index (χ2n) is 3.19. The molecule has 1 aromatic heterocycles. The Morgan fingerprint density at radius 3 is 2.87 bits per heavy atom. The zero-order valence-corrected chi connectivity index (χ0v) is 10.5. The molecule has 1 aliphatic heterocycles. The van der Waals surface area contributed by atoms with Crippen LogP contribution in [0, 0.1) is 5.41 Å². The molecule has 6 heteroatoms. The Morgan fingerprint density at radius 1 is 1.53 bits per heavy atom. The van der Waals surface area contributed by atoms with E-state index < -0.39 is 0 Å². The summed E-state index contributed by atoms with van der Waals surface area (Å²) in [6.07, 6.45) is 1.74. The van der Waals surface area contributed by atoms with E-state index in [1.54, 1.807) is 12.3 Å². The molecule has 0 atom stereocenters. The fraction of sp³-hybridized carbons (Fsp3) is 0.333. The van der Waals surface area contributed by atoms with E-state index in [0.717, 1.165) is 25.2 Å². The van der Waals surface area contributed by atoms with Gasteiger partial charge >= 0.3 is 0 Å². The van der Waals surface area contributed by atoms with Crippen molar-refractivity contribution >= 4 is 34.5 Å². The van der Waals surface area contributed by atoms with E-state index in [0.29, 0.717) is 11.1 Å². The molecule has 1 saturated heterocycles. The minimum Gasteiger partial charge on any atom is -0.355 e. The number of guanidine groups is 1. The Hall–Kier alpha value is -0.810. The van der Waals surface area contributed by atoms with Crippen LogP contribution in [-0.4, -0.2) is 28.9 Å². The van der Waals surface area contributed by atoms with Crippen LogP contribution in [0.4, 0.5) is 0 Å². The normalized spacial score (nSPS) is 14.7. The van der Waals surface area contributed by atoms with E-state index in [1.165, 1.54) is 0 Å². The predicted molar refractivity (Wildman–Crippen MR) is 65.7 cm³/mol. The first-order valence-electron chi connectivity index (χ1n) is 4.43. The van der Waals surface area contributed by atoms with Crippen molar-refractivity contribution in [3.63, 3.8) is 0 Å². The molecule has 0 spiro atoms. The lowest BCUT2D eigenvalue weighted by Gasteiger charge is -2.15. The third kappa shape index (κ3) is 3.07. The van der Waals surface area contributed by atoms with Crippen LogP contribution in [0.2, 0.25) is 5.15 Å². The quantitative estimate of drug-likeness (QED) is 0.815. The number of nitrogens with zero attached hydrogens (tertiary/aromatic N) is 2. The molecule has 1 fully saturated rings. The Balaban J connectivity index is 0.00000112. The Labute approximate surface area is 104 Å². The van der Waals surface area contributed by atoms with Gasteiger partial charge in [-0.3, -0.25) is 5.41 Å². The van der Waals surface area contributed by atoms with E-state index in [9.17, 15) is 0 Å². The molecule has 0 unspecified atom stereocenters. The molecule has 2 rings (SSSR count). The molecule has 0 radical (unpaired) electrons. The summed E-state index contributed by atoms with van der Waals surface area (Å²) in [6, 6.07) is 3.70. The molecule has 0 bridgehead atoms. The zero-order valence-electron chi connectivity index (χ0n) is 8.03. The Morgan fingerprint density at radius 2 is 2.33 bits per heavy atom. The first kappa shape index (κ1) is 12.3. The maximum Gasteiger partial charge on any atom is 0.191 e. The average Bonchev–Trinajstić information content (AvgIpc) is 2.56. The standard InChI is InChI=1S/C9H11ClN4.BrH/c10-8-2-1-7(5-13-8)6-14-4-3-12-9(14)11;/h1-2,5H,3-4,6H2,(H2,11,12);1H. The lowest BCUT2D eigenvalue weighted by Crippen LogP contribution is -2.28. The van der Waals surface area contributed by atoms with Crippen molar-refractivity contribution in [2.24, 2.45) is 0 Å². The minimum atomic E-state index is 0. The highest BCUT2D eigenvalue weighted by Gasteiger charge is 2.15. The van der Waals surface area contributed by atoms with Gasteiger partial charge in [-0.2, -0.15) is 0 Å². The monoisotopic (exact) mass is 290 g/mol. The van der Waals surface area contributed by atoms with Crippen LogP contribution in [0.1, 0.15) is 5.56 Å². The van der Waals surface area contributed by atoms with Gasteiger partial charge in [0, 0.05) is 25.8 Å². The molecular weight excluding hydrogens is 279 g/mol. The summed E-state index contributed by atoms with van der Waals surface area (Å²) in [5.41, 5.74) is 1.07. The van der Waals surface area contributed by atoms with Crippen LogP contribution in [0.5, 0.6) is 0 Å². The molecule has 2 N–H and O–H groups in total. The molecular formula is C9H12BrClN4. The largest absolute Gasteiger partial charge is 0.355 e. The zero-order chi connectivity index (χ0) is 9.97. The molecule has 0 aromatic carbocycles. The number of halogens is 2. The Bertz CT molecular complexity index is 340. The number of nitrogens with one attached hydrogen (secondary N) is 2. The number of hydrogen-bond acceptors (Lipinski definition) is 2. The molecule has 0 aliphatic carbocycles.